The Morgan fingerprint density at radius 2 is 1.59 bits per heavy atom. The van der Waals surface area contributed by atoms with E-state index in [4.69, 9.17) is 0 Å². The summed E-state index contributed by atoms with van der Waals surface area (Å²) in [6.45, 7) is 23.1. The number of rotatable bonds is 5. The topological polar surface area (TPSA) is 0 Å². The Hall–Kier alpha value is -0.780. The molecule has 1 unspecified atom stereocenters. The summed E-state index contributed by atoms with van der Waals surface area (Å²) in [5.41, 5.74) is 1.60. The van der Waals surface area contributed by atoms with E-state index in [1.807, 2.05) is 26.0 Å². The van der Waals surface area contributed by atoms with Crippen LogP contribution in [0.15, 0.2) is 37.0 Å². The molecule has 0 heteroatoms. The highest BCUT2D eigenvalue weighted by Gasteiger charge is 2.26. The molecule has 0 N–H and O–H groups in total. The van der Waals surface area contributed by atoms with Crippen molar-refractivity contribution in [3.05, 3.63) is 37.0 Å². The zero-order valence-corrected chi connectivity index (χ0v) is 13.0. The van der Waals surface area contributed by atoms with Crippen LogP contribution in [-0.2, 0) is 0 Å². The summed E-state index contributed by atoms with van der Waals surface area (Å²) in [4.78, 5) is 0. The molecular weight excluding hydrogens is 204 g/mol. The standard InChI is InChI=1S/C15H26.C2H6/c1-8-10-13(9-2)14(11-12(3)4)15(5,6)7;1-2/h8-10,12,14H,1-2,11H2,3-7H3;1-2H3/b13-10+;. The van der Waals surface area contributed by atoms with Crippen LogP contribution in [0.5, 0.6) is 0 Å². The minimum absolute atomic E-state index is 0.285. The van der Waals surface area contributed by atoms with Crippen molar-refractivity contribution in [2.24, 2.45) is 17.3 Å². The van der Waals surface area contributed by atoms with E-state index in [1.165, 1.54) is 12.0 Å². The molecule has 0 aliphatic carbocycles. The van der Waals surface area contributed by atoms with E-state index in [-0.39, 0.29) is 5.41 Å². The van der Waals surface area contributed by atoms with Crippen LogP contribution in [0, 0.1) is 17.3 Å². The fourth-order valence-corrected chi connectivity index (χ4v) is 1.92. The quantitative estimate of drug-likeness (QED) is 0.512. The van der Waals surface area contributed by atoms with Crippen molar-refractivity contribution in [1.29, 1.82) is 0 Å². The highest BCUT2D eigenvalue weighted by Crippen LogP contribution is 2.37. The average Bonchev–Trinajstić information content (AvgIpc) is 2.24. The SMILES string of the molecule is C=C/C=C(\C=C)C(CC(C)C)C(C)(C)C.CC. The van der Waals surface area contributed by atoms with E-state index in [1.54, 1.807) is 0 Å². The molecule has 1 atom stereocenters. The van der Waals surface area contributed by atoms with Gasteiger partial charge in [0.2, 0.25) is 0 Å². The molecule has 0 nitrogen and oxygen atoms in total. The fourth-order valence-electron chi connectivity index (χ4n) is 1.92. The summed E-state index contributed by atoms with van der Waals surface area (Å²) in [6.07, 6.45) is 7.12. The number of allylic oxidation sites excluding steroid dienone is 4. The van der Waals surface area contributed by atoms with Gasteiger partial charge in [0.1, 0.15) is 0 Å². The van der Waals surface area contributed by atoms with Gasteiger partial charge in [0.05, 0.1) is 0 Å². The molecule has 0 spiro atoms. The molecular formula is C17H32. The second-order valence-electron chi connectivity index (χ2n) is 5.65. The first-order valence-corrected chi connectivity index (χ1v) is 6.78. The molecule has 0 aliphatic rings. The lowest BCUT2D eigenvalue weighted by molar-refractivity contribution is 0.245. The lowest BCUT2D eigenvalue weighted by Gasteiger charge is -2.33. The fraction of sp³-hybridized carbons (Fsp3) is 0.647. The van der Waals surface area contributed by atoms with Gasteiger partial charge < -0.3 is 0 Å². The minimum atomic E-state index is 0.285. The Morgan fingerprint density at radius 1 is 1.12 bits per heavy atom. The van der Waals surface area contributed by atoms with Gasteiger partial charge in [-0.1, -0.05) is 79.9 Å². The molecule has 0 aromatic heterocycles. The molecule has 100 valence electrons. The van der Waals surface area contributed by atoms with E-state index >= 15 is 0 Å². The van der Waals surface area contributed by atoms with Crippen LogP contribution in [0.25, 0.3) is 0 Å². The van der Waals surface area contributed by atoms with Gasteiger partial charge in [-0.2, -0.15) is 0 Å². The third-order valence-corrected chi connectivity index (χ3v) is 2.70. The lowest BCUT2D eigenvalue weighted by Crippen LogP contribution is -2.23. The molecule has 17 heavy (non-hydrogen) atoms. The van der Waals surface area contributed by atoms with Crippen LogP contribution in [0.3, 0.4) is 0 Å². The summed E-state index contributed by atoms with van der Waals surface area (Å²) in [6, 6.07) is 0. The Kier molecular flexibility index (Phi) is 10.1. The van der Waals surface area contributed by atoms with Crippen molar-refractivity contribution in [2.75, 3.05) is 0 Å². The van der Waals surface area contributed by atoms with Gasteiger partial charge in [-0.05, 0) is 29.2 Å². The second-order valence-corrected chi connectivity index (χ2v) is 5.65. The van der Waals surface area contributed by atoms with Crippen LogP contribution >= 0.6 is 0 Å². The molecule has 0 aromatic rings. The summed E-state index contributed by atoms with van der Waals surface area (Å²) in [5, 5.41) is 0. The molecule has 0 radical (unpaired) electrons. The molecule has 0 saturated heterocycles. The maximum Gasteiger partial charge on any atom is -0.0111 e. The predicted molar refractivity (Wildman–Crippen MR) is 82.2 cm³/mol. The second kappa shape index (κ2) is 9.27. The molecule has 0 bridgehead atoms. The van der Waals surface area contributed by atoms with E-state index in [9.17, 15) is 0 Å². The average molecular weight is 236 g/mol. The summed E-state index contributed by atoms with van der Waals surface area (Å²) in [5.74, 6) is 1.27. The van der Waals surface area contributed by atoms with Gasteiger partial charge in [0.25, 0.3) is 0 Å². The first-order valence-electron chi connectivity index (χ1n) is 6.78. The Bertz CT molecular complexity index is 235. The van der Waals surface area contributed by atoms with E-state index < -0.39 is 0 Å². The predicted octanol–water partition coefficient (Wildman–Crippen LogP) is 6.02. The van der Waals surface area contributed by atoms with Crippen LogP contribution in [0.2, 0.25) is 0 Å². The van der Waals surface area contributed by atoms with Crippen molar-refractivity contribution < 1.29 is 0 Å². The molecule has 0 rings (SSSR count). The third-order valence-electron chi connectivity index (χ3n) is 2.70. The maximum atomic E-state index is 3.91. The summed E-state index contributed by atoms with van der Waals surface area (Å²) in [7, 11) is 0. The van der Waals surface area contributed by atoms with Crippen LogP contribution < -0.4 is 0 Å². The van der Waals surface area contributed by atoms with E-state index in [0.717, 1.165) is 0 Å². The highest BCUT2D eigenvalue weighted by atomic mass is 14.3. The van der Waals surface area contributed by atoms with Crippen molar-refractivity contribution in [3.8, 4) is 0 Å². The van der Waals surface area contributed by atoms with E-state index in [0.29, 0.717) is 11.8 Å². The van der Waals surface area contributed by atoms with Crippen LogP contribution in [0.1, 0.15) is 54.9 Å². The molecule has 0 fully saturated rings. The third kappa shape index (κ3) is 8.01. The van der Waals surface area contributed by atoms with Crippen LogP contribution in [-0.4, -0.2) is 0 Å². The summed E-state index contributed by atoms with van der Waals surface area (Å²) >= 11 is 0. The van der Waals surface area contributed by atoms with Gasteiger partial charge in [-0.25, -0.2) is 0 Å². The van der Waals surface area contributed by atoms with Gasteiger partial charge in [0, 0.05) is 0 Å². The lowest BCUT2D eigenvalue weighted by atomic mass is 9.72. The van der Waals surface area contributed by atoms with Gasteiger partial charge in [-0.3, -0.25) is 0 Å². The molecule has 0 aliphatic heterocycles. The van der Waals surface area contributed by atoms with Crippen molar-refractivity contribution in [1.82, 2.24) is 0 Å². The Balaban J connectivity index is 0. The highest BCUT2D eigenvalue weighted by molar-refractivity contribution is 5.25. The van der Waals surface area contributed by atoms with Crippen molar-refractivity contribution >= 4 is 0 Å². The van der Waals surface area contributed by atoms with Crippen molar-refractivity contribution in [3.63, 3.8) is 0 Å². The smallest absolute Gasteiger partial charge is 0.0111 e. The first-order chi connectivity index (χ1) is 7.82. The van der Waals surface area contributed by atoms with Crippen molar-refractivity contribution in [2.45, 2.75) is 54.9 Å². The molecule has 0 heterocycles. The molecule has 0 saturated carbocycles. The summed E-state index contributed by atoms with van der Waals surface area (Å²) < 4.78 is 0. The Morgan fingerprint density at radius 3 is 1.82 bits per heavy atom. The van der Waals surface area contributed by atoms with Gasteiger partial charge in [0.15, 0.2) is 0 Å². The van der Waals surface area contributed by atoms with Gasteiger partial charge >= 0.3 is 0 Å². The Labute approximate surface area is 110 Å². The normalized spacial score (nSPS) is 13.8. The zero-order valence-electron chi connectivity index (χ0n) is 13.0. The largest absolute Gasteiger partial charge is 0.0991 e. The van der Waals surface area contributed by atoms with Crippen LogP contribution in [0.4, 0.5) is 0 Å². The zero-order chi connectivity index (χ0) is 14.1. The maximum absolute atomic E-state index is 3.91. The molecule has 0 aromatic carbocycles. The number of hydrogen-bond donors (Lipinski definition) is 0. The minimum Gasteiger partial charge on any atom is -0.0991 e. The molecule has 0 amide bonds. The first kappa shape index (κ1) is 18.6. The van der Waals surface area contributed by atoms with Gasteiger partial charge in [-0.15, -0.1) is 0 Å². The number of hydrogen-bond acceptors (Lipinski definition) is 0. The van der Waals surface area contributed by atoms with E-state index in [2.05, 4.69) is 53.9 Å². The monoisotopic (exact) mass is 236 g/mol.